The van der Waals surface area contributed by atoms with Crippen LogP contribution in [0.5, 0.6) is 0 Å². The number of ether oxygens (including phenoxy) is 1. The number of aromatic nitrogens is 2. The molecule has 2 heterocycles. The summed E-state index contributed by atoms with van der Waals surface area (Å²) in [5.41, 5.74) is -3.33. The molecule has 1 saturated heterocycles. The highest BCUT2D eigenvalue weighted by molar-refractivity contribution is 5.77. The van der Waals surface area contributed by atoms with Gasteiger partial charge in [0.1, 0.15) is 0 Å². The number of alkyl halides is 3. The predicted octanol–water partition coefficient (Wildman–Crippen LogP) is 0.00850. The van der Waals surface area contributed by atoms with Crippen molar-refractivity contribution in [2.75, 3.05) is 39.4 Å². The third-order valence-corrected chi connectivity index (χ3v) is 3.93. The Morgan fingerprint density at radius 2 is 2.08 bits per heavy atom. The minimum atomic E-state index is -5.02. The largest absolute Gasteiger partial charge is 0.425 e. The first-order valence-electron chi connectivity index (χ1n) is 7.58. The second-order valence-electron chi connectivity index (χ2n) is 5.70. The maximum absolute atomic E-state index is 13.3. The number of rotatable bonds is 6. The van der Waals surface area contributed by atoms with Crippen LogP contribution in [0.4, 0.5) is 13.2 Å². The first-order chi connectivity index (χ1) is 11.2. The maximum atomic E-state index is 13.3. The smallest absolute Gasteiger partial charge is 0.379 e. The number of carbonyl (C=O) groups excluding carboxylic acids is 1. The average Bonchev–Trinajstić information content (AvgIpc) is 2.93. The Morgan fingerprint density at radius 3 is 2.62 bits per heavy atom. The molecule has 136 valence electrons. The van der Waals surface area contributed by atoms with Gasteiger partial charge in [-0.05, 0) is 0 Å². The Kier molecular flexibility index (Phi) is 5.83. The van der Waals surface area contributed by atoms with E-state index in [0.717, 1.165) is 23.9 Å². The van der Waals surface area contributed by atoms with Gasteiger partial charge in [-0.2, -0.15) is 13.2 Å². The SMILES string of the molecule is Cn1ccnc1[C@](O)(CC(=O)NCCN1CCOCC1)C(F)(F)F. The summed E-state index contributed by atoms with van der Waals surface area (Å²) in [5, 5.41) is 12.5. The van der Waals surface area contributed by atoms with E-state index in [4.69, 9.17) is 4.74 Å². The van der Waals surface area contributed by atoms with Crippen molar-refractivity contribution in [1.29, 1.82) is 0 Å². The highest BCUT2D eigenvalue weighted by Gasteiger charge is 2.58. The van der Waals surface area contributed by atoms with E-state index in [9.17, 15) is 23.1 Å². The van der Waals surface area contributed by atoms with Gasteiger partial charge in [0.15, 0.2) is 5.82 Å². The van der Waals surface area contributed by atoms with E-state index in [-0.39, 0.29) is 6.54 Å². The number of halogens is 3. The molecule has 1 fully saturated rings. The highest BCUT2D eigenvalue weighted by Crippen LogP contribution is 2.40. The summed E-state index contributed by atoms with van der Waals surface area (Å²) in [4.78, 5) is 17.5. The van der Waals surface area contributed by atoms with Gasteiger partial charge in [0.2, 0.25) is 11.5 Å². The molecule has 0 bridgehead atoms. The van der Waals surface area contributed by atoms with Crippen LogP contribution in [0.2, 0.25) is 0 Å². The van der Waals surface area contributed by atoms with Crippen molar-refractivity contribution in [1.82, 2.24) is 19.8 Å². The lowest BCUT2D eigenvalue weighted by Gasteiger charge is -2.30. The molecule has 1 aromatic rings. The molecule has 1 atom stereocenters. The summed E-state index contributed by atoms with van der Waals surface area (Å²) in [5.74, 6) is -1.50. The standard InChI is InChI=1S/C14H21F3N4O3/c1-20-4-2-19-12(20)13(23,14(15,16)17)10-11(22)18-3-5-21-6-8-24-9-7-21/h2,4,23H,3,5-10H2,1H3,(H,18,22)/t13-/m1/s1. The van der Waals surface area contributed by atoms with Gasteiger partial charge in [0.25, 0.3) is 0 Å². The van der Waals surface area contributed by atoms with Crippen molar-refractivity contribution in [2.45, 2.75) is 18.2 Å². The Bertz CT molecular complexity index is 558. The third kappa shape index (κ3) is 4.25. The van der Waals surface area contributed by atoms with Gasteiger partial charge in [0.05, 0.1) is 19.6 Å². The zero-order chi connectivity index (χ0) is 17.8. The van der Waals surface area contributed by atoms with Crippen LogP contribution in [0.25, 0.3) is 0 Å². The maximum Gasteiger partial charge on any atom is 0.425 e. The van der Waals surface area contributed by atoms with E-state index < -0.39 is 29.9 Å². The molecule has 1 aromatic heterocycles. The van der Waals surface area contributed by atoms with E-state index in [1.807, 2.05) is 4.90 Å². The van der Waals surface area contributed by atoms with Crippen LogP contribution in [0, 0.1) is 0 Å². The monoisotopic (exact) mass is 350 g/mol. The number of carbonyl (C=O) groups is 1. The molecular formula is C14H21F3N4O3. The van der Waals surface area contributed by atoms with Gasteiger partial charge in [-0.3, -0.25) is 9.69 Å². The molecule has 0 spiro atoms. The number of aryl methyl sites for hydroxylation is 1. The second-order valence-corrected chi connectivity index (χ2v) is 5.70. The lowest BCUT2D eigenvalue weighted by molar-refractivity contribution is -0.271. The fourth-order valence-electron chi connectivity index (χ4n) is 2.54. The number of imidazole rings is 1. The summed E-state index contributed by atoms with van der Waals surface area (Å²) in [7, 11) is 1.33. The Morgan fingerprint density at radius 1 is 1.42 bits per heavy atom. The number of nitrogens with zero attached hydrogens (tertiary/aromatic N) is 3. The number of aliphatic hydroxyl groups is 1. The van der Waals surface area contributed by atoms with Crippen molar-refractivity contribution in [3.8, 4) is 0 Å². The Hall–Kier alpha value is -1.65. The number of amides is 1. The van der Waals surface area contributed by atoms with Crippen molar-refractivity contribution < 1.29 is 27.8 Å². The van der Waals surface area contributed by atoms with Crippen molar-refractivity contribution >= 4 is 5.91 Å². The van der Waals surface area contributed by atoms with Gasteiger partial charge in [-0.25, -0.2) is 4.98 Å². The fourth-order valence-corrected chi connectivity index (χ4v) is 2.54. The molecule has 24 heavy (non-hydrogen) atoms. The zero-order valence-electron chi connectivity index (χ0n) is 13.3. The molecule has 1 aliphatic rings. The van der Waals surface area contributed by atoms with E-state index in [1.165, 1.54) is 13.2 Å². The zero-order valence-corrected chi connectivity index (χ0v) is 13.3. The third-order valence-electron chi connectivity index (χ3n) is 3.93. The number of morpholine rings is 1. The molecule has 7 nitrogen and oxygen atoms in total. The molecule has 0 aromatic carbocycles. The van der Waals surface area contributed by atoms with Gasteiger partial charge >= 0.3 is 6.18 Å². The van der Waals surface area contributed by atoms with Crippen molar-refractivity contribution in [3.05, 3.63) is 18.2 Å². The van der Waals surface area contributed by atoms with Crippen molar-refractivity contribution in [2.24, 2.45) is 7.05 Å². The van der Waals surface area contributed by atoms with Crippen LogP contribution in [-0.4, -0.2) is 71.0 Å². The number of nitrogens with one attached hydrogen (secondary N) is 1. The molecule has 1 aliphatic heterocycles. The molecule has 0 radical (unpaired) electrons. The minimum absolute atomic E-state index is 0.202. The van der Waals surface area contributed by atoms with Gasteiger partial charge < -0.3 is 19.7 Å². The van der Waals surface area contributed by atoms with Crippen molar-refractivity contribution in [3.63, 3.8) is 0 Å². The van der Waals surface area contributed by atoms with Crippen LogP contribution in [0.1, 0.15) is 12.2 Å². The molecule has 10 heteroatoms. The van der Waals surface area contributed by atoms with E-state index in [0.29, 0.717) is 19.8 Å². The van der Waals surface area contributed by atoms with Crippen LogP contribution < -0.4 is 5.32 Å². The normalized spacial score (nSPS) is 19.0. The summed E-state index contributed by atoms with van der Waals surface area (Å²) in [6, 6.07) is 0. The average molecular weight is 350 g/mol. The number of hydrogen-bond acceptors (Lipinski definition) is 5. The van der Waals surface area contributed by atoms with Crippen LogP contribution >= 0.6 is 0 Å². The summed E-state index contributed by atoms with van der Waals surface area (Å²) in [6.45, 7) is 3.35. The molecular weight excluding hydrogens is 329 g/mol. The molecule has 2 rings (SSSR count). The van der Waals surface area contributed by atoms with E-state index in [2.05, 4.69) is 10.3 Å². The van der Waals surface area contributed by atoms with Gasteiger partial charge in [-0.15, -0.1) is 0 Å². The van der Waals surface area contributed by atoms with Gasteiger partial charge in [0, 0.05) is 45.6 Å². The lowest BCUT2D eigenvalue weighted by atomic mass is 9.97. The first kappa shape index (κ1) is 18.7. The van der Waals surface area contributed by atoms with Gasteiger partial charge in [-0.1, -0.05) is 0 Å². The lowest BCUT2D eigenvalue weighted by Crippen LogP contribution is -2.48. The molecule has 0 unspecified atom stereocenters. The fraction of sp³-hybridized carbons (Fsp3) is 0.714. The molecule has 0 saturated carbocycles. The molecule has 1 amide bonds. The quantitative estimate of drug-likeness (QED) is 0.756. The summed E-state index contributed by atoms with van der Waals surface area (Å²) in [6.07, 6.45) is -3.73. The summed E-state index contributed by atoms with van der Waals surface area (Å²) >= 11 is 0. The molecule has 0 aliphatic carbocycles. The predicted molar refractivity (Wildman–Crippen MR) is 78.0 cm³/mol. The Labute approximate surface area is 137 Å². The summed E-state index contributed by atoms with van der Waals surface area (Å²) < 4.78 is 46.2. The first-order valence-corrected chi connectivity index (χ1v) is 7.58. The molecule has 2 N–H and O–H groups in total. The van der Waals surface area contributed by atoms with Crippen LogP contribution in [0.3, 0.4) is 0 Å². The number of hydrogen-bond donors (Lipinski definition) is 2. The Balaban J connectivity index is 1.94. The highest BCUT2D eigenvalue weighted by atomic mass is 19.4. The van der Waals surface area contributed by atoms with Crippen LogP contribution in [0.15, 0.2) is 12.4 Å². The van der Waals surface area contributed by atoms with E-state index >= 15 is 0 Å². The topological polar surface area (TPSA) is 79.6 Å². The minimum Gasteiger partial charge on any atom is -0.379 e. The second kappa shape index (κ2) is 7.49. The van der Waals surface area contributed by atoms with Crippen LogP contribution in [-0.2, 0) is 22.2 Å². The van der Waals surface area contributed by atoms with E-state index in [1.54, 1.807) is 0 Å².